The van der Waals surface area contributed by atoms with Crippen LogP contribution in [0.3, 0.4) is 0 Å². The molecule has 0 saturated carbocycles. The molecule has 4 rings (SSSR count). The van der Waals surface area contributed by atoms with Gasteiger partial charge < -0.3 is 14.4 Å². The number of carbonyl (C=O) groups is 2. The van der Waals surface area contributed by atoms with E-state index in [1.54, 1.807) is 32.0 Å². The summed E-state index contributed by atoms with van der Waals surface area (Å²) in [7, 11) is 0. The molecule has 2 aromatic rings. The van der Waals surface area contributed by atoms with E-state index in [1.165, 1.54) is 9.80 Å². The molecule has 0 spiro atoms. The number of rotatable bonds is 2. The van der Waals surface area contributed by atoms with E-state index in [9.17, 15) is 22.8 Å². The third-order valence-electron chi connectivity index (χ3n) is 5.36. The van der Waals surface area contributed by atoms with Gasteiger partial charge >= 0.3 is 6.18 Å². The highest BCUT2D eigenvalue weighted by molar-refractivity contribution is 6.31. The number of nitrogens with zero attached hydrogens (tertiary/aromatic N) is 5. The molecule has 1 aromatic carbocycles. The number of amides is 2. The van der Waals surface area contributed by atoms with Gasteiger partial charge in [-0.15, -0.1) is 10.2 Å². The first-order valence-electron chi connectivity index (χ1n) is 8.89. The molecule has 0 fully saturated rings. The highest BCUT2D eigenvalue weighted by Gasteiger charge is 2.45. The zero-order valence-electron chi connectivity index (χ0n) is 15.6. The van der Waals surface area contributed by atoms with Crippen LogP contribution in [0.4, 0.5) is 18.9 Å². The molecule has 1 aromatic heterocycles. The summed E-state index contributed by atoms with van der Waals surface area (Å²) in [5, 5.41) is 7.28. The van der Waals surface area contributed by atoms with Crippen LogP contribution in [0.2, 0.25) is 5.02 Å². The van der Waals surface area contributed by atoms with Gasteiger partial charge in [0.05, 0.1) is 12.0 Å². The Balaban J connectivity index is 1.54. The highest BCUT2D eigenvalue weighted by Crippen LogP contribution is 2.42. The molecule has 11 heteroatoms. The number of fused-ring (bicyclic) bond motifs is 2. The van der Waals surface area contributed by atoms with E-state index >= 15 is 0 Å². The average Bonchev–Trinajstić information content (AvgIpc) is 3.15. The van der Waals surface area contributed by atoms with Crippen molar-refractivity contribution in [1.82, 2.24) is 19.7 Å². The zero-order valence-corrected chi connectivity index (χ0v) is 16.4. The maximum absolute atomic E-state index is 13.0. The minimum atomic E-state index is -4.60. The number of hydrogen-bond donors (Lipinski definition) is 0. The van der Waals surface area contributed by atoms with Gasteiger partial charge in [0.1, 0.15) is 6.54 Å². The summed E-state index contributed by atoms with van der Waals surface area (Å²) in [6.07, 6.45) is -4.60. The van der Waals surface area contributed by atoms with Crippen LogP contribution in [-0.2, 0) is 34.3 Å². The summed E-state index contributed by atoms with van der Waals surface area (Å²) in [6, 6.07) is 5.05. The number of benzene rings is 1. The third-order valence-corrected chi connectivity index (χ3v) is 5.59. The fourth-order valence-corrected chi connectivity index (χ4v) is 3.95. The van der Waals surface area contributed by atoms with Crippen molar-refractivity contribution in [2.75, 3.05) is 18.0 Å². The molecule has 0 saturated heterocycles. The molecule has 0 N–H and O–H groups in total. The van der Waals surface area contributed by atoms with E-state index in [0.717, 1.165) is 10.1 Å². The molecule has 0 unspecified atom stereocenters. The fourth-order valence-electron chi connectivity index (χ4n) is 3.78. The van der Waals surface area contributed by atoms with E-state index < -0.39 is 17.4 Å². The lowest BCUT2D eigenvalue weighted by Crippen LogP contribution is -2.46. The first-order valence-corrected chi connectivity index (χ1v) is 9.27. The zero-order chi connectivity index (χ0) is 21.1. The predicted molar refractivity (Wildman–Crippen MR) is 97.3 cm³/mol. The maximum atomic E-state index is 13.0. The molecule has 2 amide bonds. The highest BCUT2D eigenvalue weighted by atomic mass is 35.5. The Bertz CT molecular complexity index is 1020. The van der Waals surface area contributed by atoms with E-state index in [0.29, 0.717) is 10.7 Å². The molecular weight excluding hydrogens is 411 g/mol. The van der Waals surface area contributed by atoms with E-state index in [2.05, 4.69) is 10.2 Å². The summed E-state index contributed by atoms with van der Waals surface area (Å²) >= 11 is 6.06. The van der Waals surface area contributed by atoms with Crippen molar-refractivity contribution in [3.05, 3.63) is 40.4 Å². The minimum Gasteiger partial charge on any atom is -0.332 e. The van der Waals surface area contributed by atoms with Crippen molar-refractivity contribution in [2.24, 2.45) is 0 Å². The van der Waals surface area contributed by atoms with Gasteiger partial charge in [0, 0.05) is 23.8 Å². The van der Waals surface area contributed by atoms with Crippen molar-refractivity contribution in [3.63, 3.8) is 0 Å². The number of aromatic nitrogens is 3. The number of hydrogen-bond acceptors (Lipinski definition) is 4. The van der Waals surface area contributed by atoms with Gasteiger partial charge in [0.25, 0.3) is 0 Å². The van der Waals surface area contributed by atoms with Crippen molar-refractivity contribution in [2.45, 2.75) is 38.5 Å². The number of alkyl halides is 3. The molecule has 2 aliphatic heterocycles. The molecule has 7 nitrogen and oxygen atoms in total. The van der Waals surface area contributed by atoms with Crippen LogP contribution in [0.25, 0.3) is 0 Å². The van der Waals surface area contributed by atoms with Crippen LogP contribution < -0.4 is 4.90 Å². The molecular formula is C18H17ClF3N5O2. The molecule has 0 radical (unpaired) electrons. The summed E-state index contributed by atoms with van der Waals surface area (Å²) in [4.78, 5) is 28.5. The first kappa shape index (κ1) is 19.7. The third kappa shape index (κ3) is 3.15. The lowest BCUT2D eigenvalue weighted by Gasteiger charge is -2.30. The first-order chi connectivity index (χ1) is 13.5. The summed E-state index contributed by atoms with van der Waals surface area (Å²) in [5.41, 5.74) is 0.512. The van der Waals surface area contributed by atoms with Crippen LogP contribution in [0, 0.1) is 0 Å². The summed E-state index contributed by atoms with van der Waals surface area (Å²) < 4.78 is 39.9. The Kier molecular flexibility index (Phi) is 4.38. The maximum Gasteiger partial charge on any atom is 0.451 e. The van der Waals surface area contributed by atoms with Crippen LogP contribution in [0.1, 0.15) is 31.1 Å². The molecule has 2 aliphatic rings. The monoisotopic (exact) mass is 427 g/mol. The second-order valence-electron chi connectivity index (χ2n) is 7.58. The molecule has 0 atom stereocenters. The van der Waals surface area contributed by atoms with Crippen LogP contribution in [0.5, 0.6) is 0 Å². The minimum absolute atomic E-state index is 0.0610. The number of carbonyl (C=O) groups excluding carboxylic acids is 2. The Morgan fingerprint density at radius 3 is 2.66 bits per heavy atom. The van der Waals surface area contributed by atoms with Crippen LogP contribution >= 0.6 is 11.6 Å². The van der Waals surface area contributed by atoms with Gasteiger partial charge in [-0.3, -0.25) is 9.59 Å². The van der Waals surface area contributed by atoms with Gasteiger partial charge in [-0.2, -0.15) is 13.2 Å². The van der Waals surface area contributed by atoms with E-state index in [-0.39, 0.29) is 43.8 Å². The normalized spacial score (nSPS) is 18.1. The SMILES string of the molecule is CC1(C)C(=O)N(CC(=O)N2CCn3c(nnc3C(F)(F)F)C2)c2ccc(Cl)cc21. The molecule has 0 bridgehead atoms. The Hall–Kier alpha value is -2.62. The summed E-state index contributed by atoms with van der Waals surface area (Å²) in [6.45, 7) is 3.23. The second-order valence-corrected chi connectivity index (χ2v) is 8.02. The Labute approximate surface area is 169 Å². The van der Waals surface area contributed by atoms with Gasteiger partial charge in [0.2, 0.25) is 17.6 Å². The lowest BCUT2D eigenvalue weighted by atomic mass is 9.86. The fraction of sp³-hybridized carbons (Fsp3) is 0.444. The standard InChI is InChI=1S/C18H17ClF3N5O2/c1-17(2)11-7-10(19)3-4-12(11)27(16(17)29)9-14(28)25-5-6-26-13(8-25)23-24-15(26)18(20,21)22/h3-4,7H,5-6,8-9H2,1-2H3. The topological polar surface area (TPSA) is 71.3 Å². The van der Waals surface area contributed by atoms with Crippen molar-refractivity contribution < 1.29 is 22.8 Å². The van der Waals surface area contributed by atoms with E-state index in [4.69, 9.17) is 11.6 Å². The Morgan fingerprint density at radius 2 is 1.97 bits per heavy atom. The molecule has 0 aliphatic carbocycles. The van der Waals surface area contributed by atoms with Gasteiger partial charge in [-0.25, -0.2) is 0 Å². The Morgan fingerprint density at radius 1 is 1.24 bits per heavy atom. The number of halogens is 4. The van der Waals surface area contributed by atoms with Crippen LogP contribution in [-0.4, -0.2) is 44.6 Å². The smallest absolute Gasteiger partial charge is 0.332 e. The molecule has 3 heterocycles. The summed E-state index contributed by atoms with van der Waals surface area (Å²) in [5.74, 6) is -1.61. The van der Waals surface area contributed by atoms with Crippen LogP contribution in [0.15, 0.2) is 18.2 Å². The number of anilines is 1. The molecule has 154 valence electrons. The van der Waals surface area contributed by atoms with Gasteiger partial charge in [0.15, 0.2) is 5.82 Å². The van der Waals surface area contributed by atoms with E-state index in [1.807, 2.05) is 0 Å². The quantitative estimate of drug-likeness (QED) is 0.738. The van der Waals surface area contributed by atoms with Gasteiger partial charge in [-0.05, 0) is 37.6 Å². The lowest BCUT2D eigenvalue weighted by molar-refractivity contribution is -0.148. The average molecular weight is 428 g/mol. The predicted octanol–water partition coefficient (Wildman–Crippen LogP) is 2.62. The van der Waals surface area contributed by atoms with Crippen molar-refractivity contribution in [1.29, 1.82) is 0 Å². The second kappa shape index (κ2) is 6.45. The van der Waals surface area contributed by atoms with Gasteiger partial charge in [-0.1, -0.05) is 11.6 Å². The molecule has 29 heavy (non-hydrogen) atoms. The van der Waals surface area contributed by atoms with Crippen molar-refractivity contribution >= 4 is 29.1 Å². The van der Waals surface area contributed by atoms with Crippen molar-refractivity contribution in [3.8, 4) is 0 Å². The largest absolute Gasteiger partial charge is 0.451 e.